The van der Waals surface area contributed by atoms with Crippen LogP contribution in [0.2, 0.25) is 0 Å². The van der Waals surface area contributed by atoms with E-state index in [1.807, 2.05) is 20.8 Å². The highest BCUT2D eigenvalue weighted by atomic mass is 16.6. The first-order chi connectivity index (χ1) is 14.2. The van der Waals surface area contributed by atoms with Crippen LogP contribution in [0.25, 0.3) is 16.8 Å². The summed E-state index contributed by atoms with van der Waals surface area (Å²) in [6, 6.07) is 11.2. The average Bonchev–Trinajstić information content (AvgIpc) is 3.35. The van der Waals surface area contributed by atoms with Crippen molar-refractivity contribution in [3.05, 3.63) is 76.4 Å². The minimum atomic E-state index is -0.470. The molecule has 0 spiro atoms. The van der Waals surface area contributed by atoms with Gasteiger partial charge in [0.25, 0.3) is 11.6 Å². The summed E-state index contributed by atoms with van der Waals surface area (Å²) in [6.07, 6.45) is 2.99. The van der Waals surface area contributed by atoms with Gasteiger partial charge >= 0.3 is 0 Å². The Labute approximate surface area is 171 Å². The number of nitrogens with one attached hydrogen (secondary N) is 1. The molecule has 4 rings (SSSR count). The van der Waals surface area contributed by atoms with Crippen molar-refractivity contribution < 1.29 is 14.1 Å². The second kappa shape index (κ2) is 7.11. The van der Waals surface area contributed by atoms with Crippen molar-refractivity contribution in [2.24, 2.45) is 0 Å². The van der Waals surface area contributed by atoms with E-state index in [9.17, 15) is 14.9 Å². The molecule has 0 aliphatic rings. The van der Waals surface area contributed by atoms with Crippen molar-refractivity contribution in [1.82, 2.24) is 14.8 Å². The number of rotatable bonds is 4. The normalized spacial score (nSPS) is 11.6. The summed E-state index contributed by atoms with van der Waals surface area (Å²) in [6.45, 7) is 6.05. The molecule has 0 atom stereocenters. The zero-order valence-corrected chi connectivity index (χ0v) is 16.6. The highest BCUT2D eigenvalue weighted by Crippen LogP contribution is 2.27. The number of aromatic nitrogens is 3. The molecule has 0 aliphatic heterocycles. The van der Waals surface area contributed by atoms with Crippen LogP contribution >= 0.6 is 0 Å². The zero-order valence-electron chi connectivity index (χ0n) is 16.6. The molecule has 0 unspecified atom stereocenters. The van der Waals surface area contributed by atoms with Crippen LogP contribution in [0.15, 0.2) is 59.3 Å². The van der Waals surface area contributed by atoms with Gasteiger partial charge in [0.2, 0.25) is 5.89 Å². The summed E-state index contributed by atoms with van der Waals surface area (Å²) >= 11 is 0. The number of benzene rings is 2. The van der Waals surface area contributed by atoms with Crippen molar-refractivity contribution in [2.45, 2.75) is 26.2 Å². The van der Waals surface area contributed by atoms with Gasteiger partial charge in [0.1, 0.15) is 5.52 Å². The third-order valence-corrected chi connectivity index (χ3v) is 4.46. The number of nitrogens with zero attached hydrogens (tertiary/aromatic N) is 4. The van der Waals surface area contributed by atoms with Gasteiger partial charge in [0.15, 0.2) is 5.58 Å². The quantitative estimate of drug-likeness (QED) is 0.395. The van der Waals surface area contributed by atoms with E-state index in [-0.39, 0.29) is 17.0 Å². The Kier molecular flexibility index (Phi) is 4.57. The van der Waals surface area contributed by atoms with E-state index in [0.29, 0.717) is 33.9 Å². The Bertz CT molecular complexity index is 1250. The second-order valence-corrected chi connectivity index (χ2v) is 7.85. The van der Waals surface area contributed by atoms with Crippen LogP contribution in [0.1, 0.15) is 37.0 Å². The monoisotopic (exact) mass is 405 g/mol. The fourth-order valence-electron chi connectivity index (χ4n) is 2.84. The van der Waals surface area contributed by atoms with Crippen LogP contribution in [0, 0.1) is 10.1 Å². The molecule has 2 aromatic carbocycles. The number of anilines is 1. The first-order valence-electron chi connectivity index (χ1n) is 9.23. The van der Waals surface area contributed by atoms with Gasteiger partial charge in [-0.3, -0.25) is 14.9 Å². The van der Waals surface area contributed by atoms with Gasteiger partial charge in [-0.2, -0.15) is 5.10 Å². The number of oxazole rings is 1. The largest absolute Gasteiger partial charge is 0.440 e. The molecule has 9 nitrogen and oxygen atoms in total. The molecule has 4 aromatic rings. The summed E-state index contributed by atoms with van der Waals surface area (Å²) in [7, 11) is 0. The molecule has 0 radical (unpaired) electrons. The maximum atomic E-state index is 12.6. The Hall–Kier alpha value is -4.01. The Morgan fingerprint density at radius 2 is 1.90 bits per heavy atom. The maximum absolute atomic E-state index is 12.6. The minimum Gasteiger partial charge on any atom is -0.440 e. The van der Waals surface area contributed by atoms with Crippen molar-refractivity contribution in [3.63, 3.8) is 0 Å². The van der Waals surface area contributed by atoms with Crippen LogP contribution in [0.4, 0.5) is 11.4 Å². The minimum absolute atomic E-state index is 0.0123. The highest BCUT2D eigenvalue weighted by Gasteiger charge is 2.21. The fraction of sp³-hybridized carbons (Fsp3) is 0.190. The maximum Gasteiger partial charge on any atom is 0.269 e. The Balaban J connectivity index is 1.52. The zero-order chi connectivity index (χ0) is 21.5. The second-order valence-electron chi connectivity index (χ2n) is 7.85. The van der Waals surface area contributed by atoms with Crippen LogP contribution in [0.3, 0.4) is 0 Å². The molecule has 30 heavy (non-hydrogen) atoms. The molecule has 9 heteroatoms. The summed E-state index contributed by atoms with van der Waals surface area (Å²) < 4.78 is 7.25. The lowest BCUT2D eigenvalue weighted by atomic mass is 9.97. The van der Waals surface area contributed by atoms with E-state index >= 15 is 0 Å². The van der Waals surface area contributed by atoms with Crippen LogP contribution in [0.5, 0.6) is 0 Å². The third kappa shape index (κ3) is 3.77. The Morgan fingerprint density at radius 1 is 1.17 bits per heavy atom. The number of amides is 1. The number of fused-ring (bicyclic) bond motifs is 1. The number of hydrogen-bond donors (Lipinski definition) is 1. The molecule has 152 valence electrons. The number of carbonyl (C=O) groups is 1. The SMILES string of the molecule is CC(C)(C)c1nc2cc(NC(=O)c3cnn(-c4ccc([N+](=O)[O-])cc4)c3)ccc2o1. The summed E-state index contributed by atoms with van der Waals surface area (Å²) in [5, 5.41) is 17.8. The molecular weight excluding hydrogens is 386 g/mol. The lowest BCUT2D eigenvalue weighted by Gasteiger charge is -2.11. The van der Waals surface area contributed by atoms with E-state index < -0.39 is 4.92 Å². The molecule has 0 fully saturated rings. The number of non-ortho nitro benzene ring substituents is 1. The first kappa shape index (κ1) is 19.3. The Morgan fingerprint density at radius 3 is 2.57 bits per heavy atom. The third-order valence-electron chi connectivity index (χ3n) is 4.46. The predicted molar refractivity (Wildman–Crippen MR) is 111 cm³/mol. The standard InChI is InChI=1S/C21H19N5O4/c1-21(2,3)20-24-17-10-14(4-9-18(17)30-20)23-19(27)13-11-22-25(12-13)15-5-7-16(8-6-15)26(28)29/h4-12H,1-3H3,(H,23,27). The molecule has 0 saturated heterocycles. The lowest BCUT2D eigenvalue weighted by Crippen LogP contribution is -2.11. The molecule has 0 aliphatic carbocycles. The smallest absolute Gasteiger partial charge is 0.269 e. The van der Waals surface area contributed by atoms with Gasteiger partial charge in [-0.05, 0) is 30.3 Å². The van der Waals surface area contributed by atoms with Gasteiger partial charge in [-0.25, -0.2) is 9.67 Å². The molecule has 0 bridgehead atoms. The topological polar surface area (TPSA) is 116 Å². The number of carbonyl (C=O) groups excluding carboxylic acids is 1. The van der Waals surface area contributed by atoms with Gasteiger partial charge in [0.05, 0.1) is 22.4 Å². The molecule has 2 aromatic heterocycles. The number of nitro groups is 1. The summed E-state index contributed by atoms with van der Waals surface area (Å²) in [5.41, 5.74) is 2.64. The molecule has 2 heterocycles. The van der Waals surface area contributed by atoms with Crippen LogP contribution in [-0.4, -0.2) is 25.6 Å². The van der Waals surface area contributed by atoms with E-state index in [4.69, 9.17) is 4.42 Å². The number of hydrogen-bond acceptors (Lipinski definition) is 6. The number of nitro benzene ring substituents is 1. The summed E-state index contributed by atoms with van der Waals surface area (Å²) in [4.78, 5) is 27.4. The fourth-order valence-corrected chi connectivity index (χ4v) is 2.84. The average molecular weight is 405 g/mol. The van der Waals surface area contributed by atoms with E-state index in [2.05, 4.69) is 15.4 Å². The van der Waals surface area contributed by atoms with Gasteiger partial charge in [-0.1, -0.05) is 20.8 Å². The van der Waals surface area contributed by atoms with E-state index in [0.717, 1.165) is 0 Å². The first-order valence-corrected chi connectivity index (χ1v) is 9.23. The van der Waals surface area contributed by atoms with Crippen molar-refractivity contribution in [3.8, 4) is 5.69 Å². The van der Waals surface area contributed by atoms with Crippen molar-refractivity contribution >= 4 is 28.4 Å². The van der Waals surface area contributed by atoms with Gasteiger partial charge in [-0.15, -0.1) is 0 Å². The molecule has 0 saturated carbocycles. The summed E-state index contributed by atoms with van der Waals surface area (Å²) in [5.74, 6) is 0.299. The van der Waals surface area contributed by atoms with E-state index in [1.54, 1.807) is 36.5 Å². The molecule has 1 amide bonds. The van der Waals surface area contributed by atoms with Crippen LogP contribution < -0.4 is 5.32 Å². The predicted octanol–water partition coefficient (Wildman–Crippen LogP) is 4.47. The van der Waals surface area contributed by atoms with Crippen molar-refractivity contribution in [1.29, 1.82) is 0 Å². The lowest BCUT2D eigenvalue weighted by molar-refractivity contribution is -0.384. The highest BCUT2D eigenvalue weighted by molar-refractivity contribution is 6.04. The van der Waals surface area contributed by atoms with E-state index in [1.165, 1.54) is 23.0 Å². The van der Waals surface area contributed by atoms with Gasteiger partial charge < -0.3 is 9.73 Å². The molecular formula is C21H19N5O4. The van der Waals surface area contributed by atoms with Gasteiger partial charge in [0, 0.05) is 29.4 Å². The van der Waals surface area contributed by atoms with Crippen LogP contribution in [-0.2, 0) is 5.41 Å². The van der Waals surface area contributed by atoms with Crippen molar-refractivity contribution in [2.75, 3.05) is 5.32 Å². The molecule has 1 N–H and O–H groups in total.